The van der Waals surface area contributed by atoms with Crippen LogP contribution in [0.25, 0.3) is 16.5 Å². The summed E-state index contributed by atoms with van der Waals surface area (Å²) in [6.07, 6.45) is 3.47. The van der Waals surface area contributed by atoms with E-state index >= 15 is 0 Å². The standard InChI is InChI=1S/C29H24N4O2/c1-21-10-5-6-12-23(21)20-32(19-22-11-9-17-30-18-22)29(35)27-25-15-7-8-16-26(25)28(34)33(31-27)24-13-3-2-4-14-24/h2-18H,19-20H2,1H3. The average molecular weight is 461 g/mol. The Labute approximate surface area is 203 Å². The Hall–Kier alpha value is -4.58. The summed E-state index contributed by atoms with van der Waals surface area (Å²) in [5.41, 5.74) is 3.64. The molecular weight excluding hydrogens is 436 g/mol. The largest absolute Gasteiger partial charge is 0.329 e. The van der Waals surface area contributed by atoms with Gasteiger partial charge in [-0.05, 0) is 47.9 Å². The lowest BCUT2D eigenvalue weighted by Gasteiger charge is -2.24. The maximum absolute atomic E-state index is 14.1. The van der Waals surface area contributed by atoms with Gasteiger partial charge < -0.3 is 4.90 Å². The number of aromatic nitrogens is 3. The van der Waals surface area contributed by atoms with E-state index in [0.717, 1.165) is 16.7 Å². The van der Waals surface area contributed by atoms with E-state index in [9.17, 15) is 9.59 Å². The van der Waals surface area contributed by atoms with Gasteiger partial charge in [-0.2, -0.15) is 9.78 Å². The second kappa shape index (κ2) is 9.73. The molecule has 0 bridgehead atoms. The van der Waals surface area contributed by atoms with Gasteiger partial charge in [-0.3, -0.25) is 14.6 Å². The van der Waals surface area contributed by atoms with Crippen molar-refractivity contribution in [2.45, 2.75) is 20.0 Å². The molecule has 1 amide bonds. The van der Waals surface area contributed by atoms with Gasteiger partial charge in [0.05, 0.1) is 11.1 Å². The van der Waals surface area contributed by atoms with Crippen molar-refractivity contribution in [1.82, 2.24) is 19.7 Å². The summed E-state index contributed by atoms with van der Waals surface area (Å²) in [5.74, 6) is -0.252. The van der Waals surface area contributed by atoms with E-state index in [0.29, 0.717) is 29.5 Å². The van der Waals surface area contributed by atoms with Crippen LogP contribution in [0.5, 0.6) is 0 Å². The van der Waals surface area contributed by atoms with Crippen LogP contribution in [-0.4, -0.2) is 25.6 Å². The number of amides is 1. The van der Waals surface area contributed by atoms with Crippen molar-refractivity contribution in [2.75, 3.05) is 0 Å². The van der Waals surface area contributed by atoms with Gasteiger partial charge in [-0.15, -0.1) is 0 Å². The van der Waals surface area contributed by atoms with Gasteiger partial charge in [0.2, 0.25) is 0 Å². The summed E-state index contributed by atoms with van der Waals surface area (Å²) >= 11 is 0. The molecule has 2 heterocycles. The van der Waals surface area contributed by atoms with Crippen LogP contribution >= 0.6 is 0 Å². The molecular formula is C29H24N4O2. The van der Waals surface area contributed by atoms with E-state index in [4.69, 9.17) is 0 Å². The van der Waals surface area contributed by atoms with Crippen LogP contribution in [0.2, 0.25) is 0 Å². The first kappa shape index (κ1) is 22.2. The normalized spacial score (nSPS) is 10.9. The Balaban J connectivity index is 1.65. The van der Waals surface area contributed by atoms with E-state index in [1.807, 2.05) is 67.6 Å². The molecule has 0 spiro atoms. The Morgan fingerprint density at radius 2 is 1.54 bits per heavy atom. The topological polar surface area (TPSA) is 68.1 Å². The highest BCUT2D eigenvalue weighted by Gasteiger charge is 2.23. The fourth-order valence-corrected chi connectivity index (χ4v) is 4.15. The summed E-state index contributed by atoms with van der Waals surface area (Å²) < 4.78 is 1.31. The maximum atomic E-state index is 14.1. The molecule has 0 saturated carbocycles. The molecule has 0 unspecified atom stereocenters. The number of carbonyl (C=O) groups excluding carboxylic acids is 1. The molecule has 2 aromatic heterocycles. The predicted molar refractivity (Wildman–Crippen MR) is 136 cm³/mol. The van der Waals surface area contributed by atoms with Crippen molar-refractivity contribution in [3.63, 3.8) is 0 Å². The van der Waals surface area contributed by atoms with Gasteiger partial charge in [-0.1, -0.05) is 66.7 Å². The fourth-order valence-electron chi connectivity index (χ4n) is 4.15. The van der Waals surface area contributed by atoms with Crippen LogP contribution in [0.4, 0.5) is 0 Å². The monoisotopic (exact) mass is 460 g/mol. The fraction of sp³-hybridized carbons (Fsp3) is 0.103. The maximum Gasteiger partial charge on any atom is 0.279 e. The zero-order valence-corrected chi connectivity index (χ0v) is 19.3. The van der Waals surface area contributed by atoms with E-state index in [1.165, 1.54) is 4.68 Å². The van der Waals surface area contributed by atoms with Gasteiger partial charge in [0.25, 0.3) is 11.5 Å². The van der Waals surface area contributed by atoms with E-state index in [1.54, 1.807) is 47.6 Å². The first-order valence-electron chi connectivity index (χ1n) is 11.4. The van der Waals surface area contributed by atoms with E-state index < -0.39 is 0 Å². The van der Waals surface area contributed by atoms with Crippen molar-refractivity contribution < 1.29 is 4.79 Å². The number of aryl methyl sites for hydroxylation is 1. The molecule has 0 aliphatic carbocycles. The van der Waals surface area contributed by atoms with E-state index in [2.05, 4.69) is 10.1 Å². The van der Waals surface area contributed by atoms with Gasteiger partial charge in [0.15, 0.2) is 5.69 Å². The van der Waals surface area contributed by atoms with Crippen LogP contribution < -0.4 is 5.56 Å². The summed E-state index contributed by atoms with van der Waals surface area (Å²) in [5, 5.41) is 5.58. The van der Waals surface area contributed by atoms with Gasteiger partial charge in [-0.25, -0.2) is 0 Å². The van der Waals surface area contributed by atoms with Crippen LogP contribution in [0.1, 0.15) is 27.2 Å². The third kappa shape index (κ3) is 4.59. The number of pyridine rings is 1. The van der Waals surface area contributed by atoms with Crippen molar-refractivity contribution in [3.05, 3.63) is 136 Å². The molecule has 3 aromatic carbocycles. The predicted octanol–water partition coefficient (Wildman–Crippen LogP) is 4.93. The summed E-state index contributed by atoms with van der Waals surface area (Å²) in [6.45, 7) is 2.80. The van der Waals surface area contributed by atoms with Gasteiger partial charge >= 0.3 is 0 Å². The van der Waals surface area contributed by atoms with Crippen molar-refractivity contribution in [1.29, 1.82) is 0 Å². The lowest BCUT2D eigenvalue weighted by atomic mass is 10.1. The second-order valence-electron chi connectivity index (χ2n) is 8.40. The summed E-state index contributed by atoms with van der Waals surface area (Å²) in [4.78, 5) is 33.3. The summed E-state index contributed by atoms with van der Waals surface area (Å²) in [7, 11) is 0. The molecule has 5 aromatic rings. The first-order chi connectivity index (χ1) is 17.1. The van der Waals surface area contributed by atoms with Crippen LogP contribution in [-0.2, 0) is 13.1 Å². The van der Waals surface area contributed by atoms with Crippen molar-refractivity contribution in [3.8, 4) is 5.69 Å². The zero-order valence-electron chi connectivity index (χ0n) is 19.3. The molecule has 6 heteroatoms. The number of carbonyl (C=O) groups is 1. The number of fused-ring (bicyclic) bond motifs is 1. The number of nitrogens with zero attached hydrogens (tertiary/aromatic N) is 4. The number of hydrogen-bond donors (Lipinski definition) is 0. The molecule has 6 nitrogen and oxygen atoms in total. The zero-order chi connectivity index (χ0) is 24.2. The minimum Gasteiger partial charge on any atom is -0.329 e. The quantitative estimate of drug-likeness (QED) is 0.360. The number of hydrogen-bond acceptors (Lipinski definition) is 4. The molecule has 5 rings (SSSR count). The Kier molecular flexibility index (Phi) is 6.18. The molecule has 0 radical (unpaired) electrons. The van der Waals surface area contributed by atoms with Crippen molar-refractivity contribution >= 4 is 16.7 Å². The number of benzene rings is 3. The highest BCUT2D eigenvalue weighted by atomic mass is 16.2. The number of rotatable bonds is 6. The minimum absolute atomic E-state index is 0.238. The Bertz CT molecular complexity index is 1550. The second-order valence-corrected chi connectivity index (χ2v) is 8.40. The van der Waals surface area contributed by atoms with Crippen LogP contribution in [0.3, 0.4) is 0 Å². The third-order valence-electron chi connectivity index (χ3n) is 6.01. The molecule has 0 aliphatic rings. The van der Waals surface area contributed by atoms with Crippen molar-refractivity contribution in [2.24, 2.45) is 0 Å². The lowest BCUT2D eigenvalue weighted by molar-refractivity contribution is 0.0724. The van der Waals surface area contributed by atoms with Crippen LogP contribution in [0, 0.1) is 6.92 Å². The van der Waals surface area contributed by atoms with Crippen LogP contribution in [0.15, 0.2) is 108 Å². The molecule has 0 N–H and O–H groups in total. The molecule has 0 aliphatic heterocycles. The number of para-hydroxylation sites is 1. The first-order valence-corrected chi connectivity index (χ1v) is 11.4. The Morgan fingerprint density at radius 1 is 0.829 bits per heavy atom. The smallest absolute Gasteiger partial charge is 0.279 e. The molecule has 0 fully saturated rings. The van der Waals surface area contributed by atoms with Gasteiger partial charge in [0.1, 0.15) is 0 Å². The molecule has 35 heavy (non-hydrogen) atoms. The third-order valence-corrected chi connectivity index (χ3v) is 6.01. The molecule has 0 saturated heterocycles. The highest BCUT2D eigenvalue weighted by Crippen LogP contribution is 2.20. The Morgan fingerprint density at radius 3 is 2.29 bits per heavy atom. The molecule has 172 valence electrons. The minimum atomic E-state index is -0.263. The van der Waals surface area contributed by atoms with E-state index in [-0.39, 0.29) is 17.2 Å². The molecule has 0 atom stereocenters. The SMILES string of the molecule is Cc1ccccc1CN(Cc1cccnc1)C(=O)c1nn(-c2ccccc2)c(=O)c2ccccc12. The highest BCUT2D eigenvalue weighted by molar-refractivity contribution is 6.04. The summed E-state index contributed by atoms with van der Waals surface area (Å²) in [6, 6.07) is 28.1. The lowest BCUT2D eigenvalue weighted by Crippen LogP contribution is -2.34. The average Bonchev–Trinajstić information content (AvgIpc) is 2.91. The van der Waals surface area contributed by atoms with Gasteiger partial charge in [0, 0.05) is 30.9 Å².